The van der Waals surface area contributed by atoms with E-state index in [1.54, 1.807) is 0 Å². The van der Waals surface area contributed by atoms with Gasteiger partial charge in [-0.05, 0) is 12.0 Å². The van der Waals surface area contributed by atoms with Gasteiger partial charge in [0.05, 0.1) is 7.11 Å². The van der Waals surface area contributed by atoms with Crippen LogP contribution in [0.5, 0.6) is 0 Å². The van der Waals surface area contributed by atoms with E-state index in [1.807, 2.05) is 30.3 Å². The lowest BCUT2D eigenvalue weighted by Crippen LogP contribution is -2.39. The second-order valence-corrected chi connectivity index (χ2v) is 3.19. The van der Waals surface area contributed by atoms with Crippen LogP contribution >= 0.6 is 0 Å². The highest BCUT2D eigenvalue weighted by molar-refractivity contribution is 5.92. The summed E-state index contributed by atoms with van der Waals surface area (Å²) in [5, 5.41) is 0.558. The zero-order valence-corrected chi connectivity index (χ0v) is 9.05. The first kappa shape index (κ1) is 12.2. The highest BCUT2D eigenvalue weighted by Gasteiger charge is 2.17. The maximum absolute atomic E-state index is 11.5. The molecule has 0 radical (unpaired) electrons. The zero-order valence-electron chi connectivity index (χ0n) is 9.05. The van der Waals surface area contributed by atoms with Crippen molar-refractivity contribution in [2.45, 2.75) is 12.8 Å². The summed E-state index contributed by atoms with van der Waals surface area (Å²) < 4.78 is 0. The Morgan fingerprint density at radius 1 is 1.31 bits per heavy atom. The fraction of sp³-hybridized carbons (Fsp3) is 0.273. The maximum atomic E-state index is 11.5. The van der Waals surface area contributed by atoms with E-state index in [0.717, 1.165) is 5.56 Å². The Labute approximate surface area is 93.7 Å². The topological polar surface area (TPSA) is 72.6 Å². The standard InChI is InChI=1S/C11H14N2O3/c1-16-13(11(12)15)10(14)8-7-9-5-3-2-4-6-9/h2-6H,7-8H2,1H3,(H2,12,15). The van der Waals surface area contributed by atoms with Gasteiger partial charge in [-0.1, -0.05) is 30.3 Å². The van der Waals surface area contributed by atoms with E-state index in [1.165, 1.54) is 7.11 Å². The number of amides is 3. The summed E-state index contributed by atoms with van der Waals surface area (Å²) in [6.07, 6.45) is 0.730. The summed E-state index contributed by atoms with van der Waals surface area (Å²) in [5.74, 6) is -0.446. The number of aryl methyl sites for hydroxylation is 1. The molecule has 1 aromatic carbocycles. The van der Waals surface area contributed by atoms with Gasteiger partial charge in [-0.2, -0.15) is 0 Å². The van der Waals surface area contributed by atoms with Crippen LogP contribution < -0.4 is 5.73 Å². The van der Waals surface area contributed by atoms with E-state index in [0.29, 0.717) is 11.5 Å². The number of nitrogens with zero attached hydrogens (tertiary/aromatic N) is 1. The highest BCUT2D eigenvalue weighted by Crippen LogP contribution is 2.04. The first-order chi connectivity index (χ1) is 7.65. The van der Waals surface area contributed by atoms with Gasteiger partial charge in [0.1, 0.15) is 0 Å². The third-order valence-corrected chi connectivity index (χ3v) is 2.08. The molecule has 0 heterocycles. The van der Waals surface area contributed by atoms with Crippen molar-refractivity contribution in [1.29, 1.82) is 0 Å². The average Bonchev–Trinajstić information content (AvgIpc) is 2.28. The van der Waals surface area contributed by atoms with Crippen LogP contribution in [0.2, 0.25) is 0 Å². The predicted octanol–water partition coefficient (Wildman–Crippen LogP) is 1.09. The summed E-state index contributed by atoms with van der Waals surface area (Å²) in [6.45, 7) is 0. The van der Waals surface area contributed by atoms with E-state index in [-0.39, 0.29) is 6.42 Å². The number of rotatable bonds is 4. The Kier molecular flexibility index (Phi) is 4.47. The van der Waals surface area contributed by atoms with E-state index < -0.39 is 11.9 Å². The molecule has 0 spiro atoms. The molecule has 0 fully saturated rings. The summed E-state index contributed by atoms with van der Waals surface area (Å²) >= 11 is 0. The number of carbonyl (C=O) groups excluding carboxylic acids is 2. The quantitative estimate of drug-likeness (QED) is 0.775. The van der Waals surface area contributed by atoms with Crippen molar-refractivity contribution >= 4 is 11.9 Å². The van der Waals surface area contributed by atoms with Gasteiger partial charge < -0.3 is 5.73 Å². The van der Waals surface area contributed by atoms with Crippen molar-refractivity contribution in [3.8, 4) is 0 Å². The fourth-order valence-electron chi connectivity index (χ4n) is 1.31. The number of imide groups is 1. The molecular weight excluding hydrogens is 208 g/mol. The molecule has 0 aliphatic heterocycles. The molecule has 5 nitrogen and oxygen atoms in total. The predicted molar refractivity (Wildman–Crippen MR) is 58.2 cm³/mol. The van der Waals surface area contributed by atoms with Gasteiger partial charge in [-0.3, -0.25) is 9.63 Å². The van der Waals surface area contributed by atoms with Gasteiger partial charge in [-0.15, -0.1) is 5.06 Å². The molecule has 1 aromatic rings. The fourth-order valence-corrected chi connectivity index (χ4v) is 1.31. The van der Waals surface area contributed by atoms with Crippen LogP contribution in [0.15, 0.2) is 30.3 Å². The third kappa shape index (κ3) is 3.36. The third-order valence-electron chi connectivity index (χ3n) is 2.08. The molecule has 0 bridgehead atoms. The molecule has 1 rings (SSSR count). The molecule has 0 atom stereocenters. The lowest BCUT2D eigenvalue weighted by Gasteiger charge is -2.14. The number of hydrogen-bond acceptors (Lipinski definition) is 3. The molecule has 0 aromatic heterocycles. The molecule has 3 amide bonds. The van der Waals surface area contributed by atoms with E-state index in [4.69, 9.17) is 5.73 Å². The first-order valence-electron chi connectivity index (χ1n) is 4.85. The summed E-state index contributed by atoms with van der Waals surface area (Å²) in [4.78, 5) is 26.8. The van der Waals surface area contributed by atoms with Crippen molar-refractivity contribution in [3.05, 3.63) is 35.9 Å². The van der Waals surface area contributed by atoms with Crippen LogP contribution in [-0.4, -0.2) is 24.1 Å². The van der Waals surface area contributed by atoms with Gasteiger partial charge in [0.2, 0.25) is 0 Å². The van der Waals surface area contributed by atoms with E-state index in [2.05, 4.69) is 4.84 Å². The van der Waals surface area contributed by atoms with Crippen molar-refractivity contribution < 1.29 is 14.4 Å². The lowest BCUT2D eigenvalue weighted by molar-refractivity contribution is -0.159. The molecule has 16 heavy (non-hydrogen) atoms. The number of benzene rings is 1. The minimum atomic E-state index is -0.902. The first-order valence-corrected chi connectivity index (χ1v) is 4.85. The summed E-state index contributed by atoms with van der Waals surface area (Å²) in [7, 11) is 1.23. The van der Waals surface area contributed by atoms with Crippen molar-refractivity contribution in [2.75, 3.05) is 7.11 Å². The second kappa shape index (κ2) is 5.87. The normalized spacial score (nSPS) is 9.81. The Hall–Kier alpha value is -1.88. The van der Waals surface area contributed by atoms with Crippen LogP contribution in [0.3, 0.4) is 0 Å². The number of nitrogens with two attached hydrogens (primary N) is 1. The van der Waals surface area contributed by atoms with Crippen LogP contribution in [0, 0.1) is 0 Å². The number of hydrogen-bond donors (Lipinski definition) is 1. The molecule has 0 saturated heterocycles. The highest BCUT2D eigenvalue weighted by atomic mass is 16.7. The van der Waals surface area contributed by atoms with Crippen LogP contribution in [0.25, 0.3) is 0 Å². The second-order valence-electron chi connectivity index (χ2n) is 3.19. The molecule has 0 aliphatic rings. The Bertz CT molecular complexity index is 365. The average molecular weight is 222 g/mol. The monoisotopic (exact) mass is 222 g/mol. The van der Waals surface area contributed by atoms with E-state index >= 15 is 0 Å². The van der Waals surface area contributed by atoms with Crippen molar-refractivity contribution in [1.82, 2.24) is 5.06 Å². The van der Waals surface area contributed by atoms with Gasteiger partial charge >= 0.3 is 6.03 Å². The number of primary amides is 1. The summed E-state index contributed by atoms with van der Waals surface area (Å²) in [6, 6.07) is 8.60. The molecular formula is C11H14N2O3. The molecule has 0 aliphatic carbocycles. The molecule has 0 saturated carbocycles. The Morgan fingerprint density at radius 3 is 2.44 bits per heavy atom. The lowest BCUT2D eigenvalue weighted by atomic mass is 10.1. The molecule has 0 unspecified atom stereocenters. The van der Waals surface area contributed by atoms with Crippen LogP contribution in [0.1, 0.15) is 12.0 Å². The van der Waals surface area contributed by atoms with E-state index in [9.17, 15) is 9.59 Å². The number of hydroxylamine groups is 2. The molecule has 86 valence electrons. The van der Waals surface area contributed by atoms with Crippen molar-refractivity contribution in [2.24, 2.45) is 5.73 Å². The molecule has 2 N–H and O–H groups in total. The Balaban J connectivity index is 2.49. The minimum Gasteiger partial charge on any atom is -0.349 e. The van der Waals surface area contributed by atoms with Gasteiger partial charge in [-0.25, -0.2) is 4.79 Å². The number of carbonyl (C=O) groups is 2. The van der Waals surface area contributed by atoms with Gasteiger partial charge in [0.25, 0.3) is 5.91 Å². The number of urea groups is 1. The van der Waals surface area contributed by atoms with Gasteiger partial charge in [0, 0.05) is 6.42 Å². The summed E-state index contributed by atoms with van der Waals surface area (Å²) in [5.41, 5.74) is 5.98. The maximum Gasteiger partial charge on any atom is 0.346 e. The SMILES string of the molecule is CON(C(N)=O)C(=O)CCc1ccccc1. The molecule has 5 heteroatoms. The van der Waals surface area contributed by atoms with Crippen LogP contribution in [0.4, 0.5) is 4.79 Å². The van der Waals surface area contributed by atoms with Crippen molar-refractivity contribution in [3.63, 3.8) is 0 Å². The zero-order chi connectivity index (χ0) is 12.0. The Morgan fingerprint density at radius 2 is 1.94 bits per heavy atom. The van der Waals surface area contributed by atoms with Crippen LogP contribution in [-0.2, 0) is 16.1 Å². The van der Waals surface area contributed by atoms with Gasteiger partial charge in [0.15, 0.2) is 0 Å². The minimum absolute atomic E-state index is 0.181. The largest absolute Gasteiger partial charge is 0.349 e. The smallest absolute Gasteiger partial charge is 0.346 e.